The minimum Gasteiger partial charge on any atom is -0.497 e. The second-order valence-corrected chi connectivity index (χ2v) is 10.1. The van der Waals surface area contributed by atoms with Gasteiger partial charge in [0.1, 0.15) is 28.8 Å². The van der Waals surface area contributed by atoms with Crippen LogP contribution in [0.25, 0.3) is 0 Å². The van der Waals surface area contributed by atoms with Gasteiger partial charge in [-0.2, -0.15) is 0 Å². The lowest BCUT2D eigenvalue weighted by atomic mass is 9.78. The van der Waals surface area contributed by atoms with E-state index in [2.05, 4.69) is 26.6 Å². The number of rotatable bonds is 12. The highest BCUT2D eigenvalue weighted by Crippen LogP contribution is 2.46. The van der Waals surface area contributed by atoms with Crippen molar-refractivity contribution in [3.8, 4) is 23.0 Å². The van der Waals surface area contributed by atoms with Gasteiger partial charge in [-0.15, -0.1) is 0 Å². The fourth-order valence-corrected chi connectivity index (χ4v) is 5.04. The zero-order chi connectivity index (χ0) is 30.3. The average Bonchev–Trinajstić information content (AvgIpc) is 3.02. The van der Waals surface area contributed by atoms with E-state index in [9.17, 15) is 9.18 Å². The number of ether oxygens (including phenoxy) is 5. The number of halogens is 2. The summed E-state index contributed by atoms with van der Waals surface area (Å²) in [6, 6.07) is 22.8. The molecule has 0 amide bonds. The van der Waals surface area contributed by atoms with Crippen LogP contribution in [-0.4, -0.2) is 41.5 Å². The van der Waals surface area contributed by atoms with Crippen molar-refractivity contribution in [2.24, 2.45) is 0 Å². The Kier molecular flexibility index (Phi) is 9.80. The summed E-state index contributed by atoms with van der Waals surface area (Å²) in [5, 5.41) is 6.94. The number of nitrogens with one attached hydrogen (secondary N) is 2. The molecule has 4 aromatic rings. The normalized spacial score (nSPS) is 12.8. The van der Waals surface area contributed by atoms with E-state index in [-0.39, 0.29) is 0 Å². The molecule has 0 aliphatic heterocycles. The third-order valence-electron chi connectivity index (χ3n) is 6.89. The minimum atomic E-state index is -1.70. The Morgan fingerprint density at radius 2 is 1.29 bits per heavy atom. The first kappa shape index (κ1) is 30.5. The lowest BCUT2D eigenvalue weighted by molar-refractivity contribution is -0.147. The molecule has 0 aliphatic rings. The van der Waals surface area contributed by atoms with Crippen LogP contribution in [0.15, 0.2) is 89.4 Å². The van der Waals surface area contributed by atoms with Crippen LogP contribution in [0.2, 0.25) is 0 Å². The zero-order valence-electron chi connectivity index (χ0n) is 23.9. The Morgan fingerprint density at radius 1 is 0.738 bits per heavy atom. The molecule has 0 aliphatic carbocycles. The monoisotopic (exact) mass is 638 g/mol. The second-order valence-electron chi connectivity index (χ2n) is 9.19. The fourth-order valence-electron chi connectivity index (χ4n) is 4.77. The lowest BCUT2D eigenvalue weighted by Crippen LogP contribution is -2.52. The maximum Gasteiger partial charge on any atom is 0.338 e. The Bertz CT molecular complexity index is 1520. The van der Waals surface area contributed by atoms with Gasteiger partial charge in [-0.25, -0.2) is 9.18 Å². The Balaban J connectivity index is 2.07. The van der Waals surface area contributed by atoms with Gasteiger partial charge in [-0.3, -0.25) is 0 Å². The van der Waals surface area contributed by atoms with E-state index < -0.39 is 23.4 Å². The highest BCUT2D eigenvalue weighted by molar-refractivity contribution is 9.10. The highest BCUT2D eigenvalue weighted by atomic mass is 79.9. The van der Waals surface area contributed by atoms with Crippen molar-refractivity contribution in [1.82, 2.24) is 0 Å². The minimum absolute atomic E-state index is 0.419. The van der Waals surface area contributed by atoms with Crippen LogP contribution in [-0.2, 0) is 15.1 Å². The van der Waals surface area contributed by atoms with Crippen LogP contribution in [0.1, 0.15) is 17.2 Å². The van der Waals surface area contributed by atoms with Crippen molar-refractivity contribution in [2.45, 2.75) is 11.6 Å². The number of benzene rings is 4. The number of hydrogen-bond donors (Lipinski definition) is 2. The van der Waals surface area contributed by atoms with E-state index in [0.29, 0.717) is 45.5 Å². The molecular weight excluding hydrogens is 607 g/mol. The van der Waals surface area contributed by atoms with Crippen LogP contribution in [0.3, 0.4) is 0 Å². The molecule has 10 heteroatoms. The molecule has 4 aromatic carbocycles. The van der Waals surface area contributed by atoms with Gasteiger partial charge in [0, 0.05) is 16.6 Å². The number of methoxy groups -OCH3 is 5. The largest absolute Gasteiger partial charge is 0.497 e. The van der Waals surface area contributed by atoms with E-state index in [0.717, 1.165) is 4.47 Å². The number of esters is 1. The summed E-state index contributed by atoms with van der Waals surface area (Å²) in [7, 11) is 7.48. The topological polar surface area (TPSA) is 87.3 Å². The summed E-state index contributed by atoms with van der Waals surface area (Å²) in [5.74, 6) is 0.939. The molecule has 0 bridgehead atoms. The van der Waals surface area contributed by atoms with Gasteiger partial charge in [-0.1, -0.05) is 40.2 Å². The van der Waals surface area contributed by atoms with Crippen LogP contribution in [0.5, 0.6) is 23.0 Å². The number of anilines is 2. The first-order valence-electron chi connectivity index (χ1n) is 12.9. The molecule has 4 rings (SSSR count). The second kappa shape index (κ2) is 13.5. The number of carbonyl (C=O) groups is 1. The standard InChI is InChI=1S/C32H32BrFN2O6/c1-38-24-14-16-28(40-3)26(18-24)35-30(20-6-10-22(33)11-7-20)32(31(37)42-5,21-8-12-23(34)13-9-21)36-27-19-25(39-2)15-17-29(27)41-4/h6-19,30,35-36H,1-5H3. The third kappa shape index (κ3) is 6.23. The van der Waals surface area contributed by atoms with Gasteiger partial charge in [0.25, 0.3) is 0 Å². The molecule has 220 valence electrons. The van der Waals surface area contributed by atoms with Gasteiger partial charge in [0.2, 0.25) is 0 Å². The number of hydrogen-bond acceptors (Lipinski definition) is 8. The molecule has 42 heavy (non-hydrogen) atoms. The van der Waals surface area contributed by atoms with Crippen molar-refractivity contribution < 1.29 is 32.9 Å². The van der Waals surface area contributed by atoms with Gasteiger partial charge >= 0.3 is 5.97 Å². The van der Waals surface area contributed by atoms with Crippen molar-refractivity contribution >= 4 is 33.3 Å². The predicted molar refractivity (Wildman–Crippen MR) is 163 cm³/mol. The summed E-state index contributed by atoms with van der Waals surface area (Å²) in [5.41, 5.74) is 0.395. The fraction of sp³-hybridized carbons (Fsp3) is 0.219. The van der Waals surface area contributed by atoms with Gasteiger partial charge < -0.3 is 34.3 Å². The average molecular weight is 640 g/mol. The number of carbonyl (C=O) groups excluding carboxylic acids is 1. The summed E-state index contributed by atoms with van der Waals surface area (Å²) >= 11 is 3.50. The highest BCUT2D eigenvalue weighted by Gasteiger charge is 2.50. The molecule has 0 aromatic heterocycles. The summed E-state index contributed by atoms with van der Waals surface area (Å²) < 4.78 is 42.9. The molecular formula is C32H32BrFN2O6. The van der Waals surface area contributed by atoms with Crippen LogP contribution >= 0.6 is 15.9 Å². The smallest absolute Gasteiger partial charge is 0.338 e. The van der Waals surface area contributed by atoms with Crippen molar-refractivity contribution in [3.05, 3.63) is 106 Å². The van der Waals surface area contributed by atoms with E-state index in [1.807, 2.05) is 24.3 Å². The molecule has 8 nitrogen and oxygen atoms in total. The zero-order valence-corrected chi connectivity index (χ0v) is 25.5. The first-order valence-corrected chi connectivity index (χ1v) is 13.7. The SMILES string of the molecule is COC(=O)C(Nc1cc(OC)ccc1OC)(c1ccc(F)cc1)C(Nc1cc(OC)ccc1OC)c1ccc(Br)cc1. The Morgan fingerprint density at radius 3 is 1.81 bits per heavy atom. The third-order valence-corrected chi connectivity index (χ3v) is 7.42. The Labute approximate surface area is 252 Å². The van der Waals surface area contributed by atoms with E-state index >= 15 is 0 Å². The van der Waals surface area contributed by atoms with Crippen molar-refractivity contribution in [3.63, 3.8) is 0 Å². The first-order chi connectivity index (χ1) is 20.3. The lowest BCUT2D eigenvalue weighted by Gasteiger charge is -2.41. The molecule has 0 heterocycles. The van der Waals surface area contributed by atoms with Gasteiger partial charge in [-0.05, 0) is 59.7 Å². The van der Waals surface area contributed by atoms with Crippen LogP contribution < -0.4 is 29.6 Å². The molecule has 0 radical (unpaired) electrons. The van der Waals surface area contributed by atoms with Gasteiger partial charge in [0.15, 0.2) is 5.54 Å². The Hall–Kier alpha value is -4.44. The molecule has 2 N–H and O–H groups in total. The van der Waals surface area contributed by atoms with Crippen molar-refractivity contribution in [2.75, 3.05) is 46.2 Å². The maximum atomic E-state index is 14.3. The van der Waals surface area contributed by atoms with Crippen LogP contribution in [0.4, 0.5) is 15.8 Å². The van der Waals surface area contributed by atoms with Crippen LogP contribution in [0, 0.1) is 5.82 Å². The van der Waals surface area contributed by atoms with E-state index in [1.165, 1.54) is 26.4 Å². The summed E-state index contributed by atoms with van der Waals surface area (Å²) in [6.45, 7) is 0. The molecule has 0 saturated heterocycles. The molecule has 2 unspecified atom stereocenters. The quantitative estimate of drug-likeness (QED) is 0.161. The molecule has 2 atom stereocenters. The summed E-state index contributed by atoms with van der Waals surface area (Å²) in [4.78, 5) is 14.3. The maximum absolute atomic E-state index is 14.3. The molecule has 0 spiro atoms. The molecule has 0 saturated carbocycles. The molecule has 0 fully saturated rings. The van der Waals surface area contributed by atoms with Gasteiger partial charge in [0.05, 0.1) is 53.0 Å². The summed E-state index contributed by atoms with van der Waals surface area (Å²) in [6.07, 6.45) is 0. The van der Waals surface area contributed by atoms with Crippen molar-refractivity contribution in [1.29, 1.82) is 0 Å². The van der Waals surface area contributed by atoms with E-state index in [4.69, 9.17) is 23.7 Å². The predicted octanol–water partition coefficient (Wildman–Crippen LogP) is 6.96. The van der Waals surface area contributed by atoms with E-state index in [1.54, 1.807) is 69.9 Å².